The van der Waals surface area contributed by atoms with E-state index in [2.05, 4.69) is 21.0 Å². The zero-order valence-electron chi connectivity index (χ0n) is 11.4. The van der Waals surface area contributed by atoms with E-state index in [4.69, 9.17) is 0 Å². The van der Waals surface area contributed by atoms with Crippen molar-refractivity contribution in [2.45, 2.75) is 18.2 Å². The van der Waals surface area contributed by atoms with Gasteiger partial charge in [0.15, 0.2) is 15.9 Å². The highest BCUT2D eigenvalue weighted by molar-refractivity contribution is 9.10. The Morgan fingerprint density at radius 3 is 2.00 bits per heavy atom. The first-order valence-electron chi connectivity index (χ1n) is 6.27. The fourth-order valence-corrected chi connectivity index (χ4v) is 3.85. The molecule has 0 unspecified atom stereocenters. The number of ketones is 2. The predicted octanol–water partition coefficient (Wildman–Crippen LogP) is 2.71. The largest absolute Gasteiger partial charge is 0.292 e. The summed E-state index contributed by atoms with van der Waals surface area (Å²) in [6.07, 6.45) is 0. The van der Waals surface area contributed by atoms with Crippen LogP contribution in [0.15, 0.2) is 24.3 Å². The van der Waals surface area contributed by atoms with E-state index in [9.17, 15) is 9.59 Å². The number of hydrogen-bond donors (Lipinski definition) is 0. The molecule has 0 atom stereocenters. The van der Waals surface area contributed by atoms with Crippen LogP contribution in [0, 0.1) is 13.8 Å². The van der Waals surface area contributed by atoms with Gasteiger partial charge in [-0.15, -0.1) is 0 Å². The number of carbonyl (C=O) groups is 2. The first-order chi connectivity index (χ1) is 9.39. The van der Waals surface area contributed by atoms with E-state index < -0.39 is 4.32 Å². The average molecular weight is 333 g/mol. The standard InChI is InChI=1S/C15H13BrN2O2/c1-8-12(9(2)18(3)17-8)15(16)13(19)10-6-4-5-7-11(10)14(15)20/h4-7H,1-3H3. The summed E-state index contributed by atoms with van der Waals surface area (Å²) in [4.78, 5) is 25.5. The third-order valence-electron chi connectivity index (χ3n) is 3.90. The Labute approximate surface area is 124 Å². The SMILES string of the molecule is Cc1nn(C)c(C)c1C1(Br)C(=O)c2ccccc2C1=O. The number of fused-ring (bicyclic) bond motifs is 1. The Kier molecular flexibility index (Phi) is 2.73. The Hall–Kier alpha value is -1.75. The molecule has 20 heavy (non-hydrogen) atoms. The van der Waals surface area contributed by atoms with E-state index in [1.807, 2.05) is 13.8 Å². The minimum absolute atomic E-state index is 0.211. The highest BCUT2D eigenvalue weighted by Crippen LogP contribution is 2.46. The van der Waals surface area contributed by atoms with Gasteiger partial charge in [0.2, 0.25) is 0 Å². The molecule has 0 radical (unpaired) electrons. The van der Waals surface area contributed by atoms with Crippen molar-refractivity contribution in [3.05, 3.63) is 52.3 Å². The van der Waals surface area contributed by atoms with Gasteiger partial charge in [0.05, 0.1) is 5.69 Å². The number of nitrogens with zero attached hydrogens (tertiary/aromatic N) is 2. The number of carbonyl (C=O) groups excluding carboxylic acids is 2. The lowest BCUT2D eigenvalue weighted by atomic mass is 9.92. The molecule has 0 bridgehead atoms. The van der Waals surface area contributed by atoms with Gasteiger partial charge in [-0.3, -0.25) is 14.3 Å². The molecule has 1 aliphatic carbocycles. The Morgan fingerprint density at radius 1 is 1.10 bits per heavy atom. The van der Waals surface area contributed by atoms with Crippen LogP contribution in [0.1, 0.15) is 37.7 Å². The predicted molar refractivity (Wildman–Crippen MR) is 78.4 cm³/mol. The number of halogens is 1. The van der Waals surface area contributed by atoms with Gasteiger partial charge in [-0.2, -0.15) is 5.10 Å². The zero-order chi connectivity index (χ0) is 14.7. The van der Waals surface area contributed by atoms with Gasteiger partial charge in [-0.05, 0) is 13.8 Å². The number of rotatable bonds is 1. The van der Waals surface area contributed by atoms with Crippen LogP contribution in [0.4, 0.5) is 0 Å². The van der Waals surface area contributed by atoms with Gasteiger partial charge in [0.25, 0.3) is 0 Å². The van der Waals surface area contributed by atoms with E-state index >= 15 is 0 Å². The molecule has 0 aliphatic heterocycles. The number of aromatic nitrogens is 2. The van der Waals surface area contributed by atoms with Gasteiger partial charge in [0.1, 0.15) is 0 Å². The van der Waals surface area contributed by atoms with Gasteiger partial charge in [-0.25, -0.2) is 0 Å². The molecule has 1 aliphatic rings. The monoisotopic (exact) mass is 332 g/mol. The van der Waals surface area contributed by atoms with Crippen molar-refractivity contribution in [3.63, 3.8) is 0 Å². The quantitative estimate of drug-likeness (QED) is 0.596. The van der Waals surface area contributed by atoms with E-state index in [1.165, 1.54) is 0 Å². The highest BCUT2D eigenvalue weighted by atomic mass is 79.9. The van der Waals surface area contributed by atoms with Crippen LogP contribution < -0.4 is 0 Å². The lowest BCUT2D eigenvalue weighted by Crippen LogP contribution is -2.32. The van der Waals surface area contributed by atoms with Crippen LogP contribution in [0.5, 0.6) is 0 Å². The van der Waals surface area contributed by atoms with Crippen LogP contribution in [-0.4, -0.2) is 21.3 Å². The van der Waals surface area contributed by atoms with E-state index in [-0.39, 0.29) is 11.6 Å². The molecule has 0 saturated carbocycles. The summed E-state index contributed by atoms with van der Waals surface area (Å²) in [5, 5.41) is 4.31. The molecule has 0 fully saturated rings. The minimum Gasteiger partial charge on any atom is -0.292 e. The number of Topliss-reactive ketones (excluding diaryl/α,β-unsaturated/α-hetero) is 2. The van der Waals surface area contributed by atoms with Crippen LogP contribution in [0.25, 0.3) is 0 Å². The van der Waals surface area contributed by atoms with Crippen molar-refractivity contribution < 1.29 is 9.59 Å². The van der Waals surface area contributed by atoms with Crippen LogP contribution >= 0.6 is 15.9 Å². The first-order valence-corrected chi connectivity index (χ1v) is 7.06. The van der Waals surface area contributed by atoms with Crippen molar-refractivity contribution in [2.24, 2.45) is 7.05 Å². The zero-order valence-corrected chi connectivity index (χ0v) is 13.0. The van der Waals surface area contributed by atoms with Crippen molar-refractivity contribution in [2.75, 3.05) is 0 Å². The molecule has 0 N–H and O–H groups in total. The summed E-state index contributed by atoms with van der Waals surface area (Å²) in [5.41, 5.74) is 3.10. The molecule has 1 heterocycles. The maximum absolute atomic E-state index is 12.7. The summed E-state index contributed by atoms with van der Waals surface area (Å²) >= 11 is 3.43. The Morgan fingerprint density at radius 2 is 1.60 bits per heavy atom. The van der Waals surface area contributed by atoms with Gasteiger partial charge in [-0.1, -0.05) is 40.2 Å². The number of alkyl halides is 1. The summed E-state index contributed by atoms with van der Waals surface area (Å²) < 4.78 is 0.357. The molecule has 4 nitrogen and oxygen atoms in total. The smallest absolute Gasteiger partial charge is 0.192 e. The molecule has 2 aromatic rings. The Balaban J connectivity index is 2.30. The topological polar surface area (TPSA) is 52.0 Å². The van der Waals surface area contributed by atoms with Crippen LogP contribution in [-0.2, 0) is 11.4 Å². The maximum Gasteiger partial charge on any atom is 0.192 e. The fourth-order valence-electron chi connectivity index (χ4n) is 2.85. The molecule has 1 aromatic heterocycles. The number of aryl methyl sites for hydroxylation is 2. The summed E-state index contributed by atoms with van der Waals surface area (Å²) in [6.45, 7) is 3.68. The summed E-state index contributed by atoms with van der Waals surface area (Å²) in [6, 6.07) is 6.93. The molecular formula is C15H13BrN2O2. The van der Waals surface area contributed by atoms with Crippen LogP contribution in [0.3, 0.4) is 0 Å². The Bertz CT molecular complexity index is 726. The third kappa shape index (κ3) is 1.44. The molecule has 5 heteroatoms. The molecule has 0 amide bonds. The third-order valence-corrected chi connectivity index (χ3v) is 5.01. The van der Waals surface area contributed by atoms with Crippen molar-refractivity contribution >= 4 is 27.5 Å². The van der Waals surface area contributed by atoms with Crippen molar-refractivity contribution in [1.82, 2.24) is 9.78 Å². The molecule has 1 aromatic carbocycles. The molecular weight excluding hydrogens is 320 g/mol. The van der Waals surface area contributed by atoms with E-state index in [0.29, 0.717) is 22.4 Å². The van der Waals surface area contributed by atoms with Gasteiger partial charge in [0, 0.05) is 29.4 Å². The van der Waals surface area contributed by atoms with E-state index in [0.717, 1.165) is 5.69 Å². The fraction of sp³-hybridized carbons (Fsp3) is 0.267. The first kappa shape index (κ1) is 13.2. The summed E-state index contributed by atoms with van der Waals surface area (Å²) in [7, 11) is 1.80. The lowest BCUT2D eigenvalue weighted by molar-refractivity contribution is 0.0870. The lowest BCUT2D eigenvalue weighted by Gasteiger charge is -2.19. The minimum atomic E-state index is -1.33. The summed E-state index contributed by atoms with van der Waals surface area (Å²) in [5.74, 6) is -0.422. The number of benzene rings is 1. The molecule has 0 spiro atoms. The molecule has 0 saturated heterocycles. The second-order valence-electron chi connectivity index (χ2n) is 5.03. The molecule has 102 valence electrons. The van der Waals surface area contributed by atoms with Gasteiger partial charge >= 0.3 is 0 Å². The van der Waals surface area contributed by atoms with Crippen molar-refractivity contribution in [3.8, 4) is 0 Å². The highest BCUT2D eigenvalue weighted by Gasteiger charge is 2.54. The van der Waals surface area contributed by atoms with Crippen LogP contribution in [0.2, 0.25) is 0 Å². The van der Waals surface area contributed by atoms with E-state index in [1.54, 1.807) is 36.0 Å². The maximum atomic E-state index is 12.7. The number of hydrogen-bond acceptors (Lipinski definition) is 3. The normalized spacial score (nSPS) is 16.6. The van der Waals surface area contributed by atoms with Gasteiger partial charge < -0.3 is 0 Å². The second kappa shape index (κ2) is 4.12. The average Bonchev–Trinajstić information content (AvgIpc) is 2.79. The molecule has 3 rings (SSSR count). The van der Waals surface area contributed by atoms with Crippen molar-refractivity contribution in [1.29, 1.82) is 0 Å². The second-order valence-corrected chi connectivity index (χ2v) is 6.22.